The molecular formula is C16H21FN2O2. The zero-order chi connectivity index (χ0) is 15.4. The second-order valence-corrected chi connectivity index (χ2v) is 5.53. The first-order chi connectivity index (χ1) is 9.95. The molecule has 0 radical (unpaired) electrons. The van der Waals surface area contributed by atoms with Crippen LogP contribution in [0.3, 0.4) is 0 Å². The average Bonchev–Trinajstić information content (AvgIpc) is 2.44. The van der Waals surface area contributed by atoms with Gasteiger partial charge >= 0.3 is 5.97 Å². The molecule has 0 amide bonds. The van der Waals surface area contributed by atoms with Gasteiger partial charge in [0.15, 0.2) is 0 Å². The molecule has 0 saturated carbocycles. The van der Waals surface area contributed by atoms with Crippen LogP contribution in [-0.4, -0.2) is 48.2 Å². The fraction of sp³-hybridized carbons (Fsp3) is 0.438. The minimum absolute atomic E-state index is 0.344. The van der Waals surface area contributed by atoms with Crippen LogP contribution >= 0.6 is 0 Å². The maximum Gasteiger partial charge on any atom is 0.328 e. The number of benzene rings is 1. The lowest BCUT2D eigenvalue weighted by Gasteiger charge is -2.38. The standard InChI is InChI=1S/C16H21FN2O2/c1-12(2)18-5-7-19(8-6-18)15-10-13(3-4-16(20)21)9-14(17)11-15/h3-4,9-12H,5-8H2,1-2H3,(H,20,21)/b4-3+. The highest BCUT2D eigenvalue weighted by Gasteiger charge is 2.19. The van der Waals surface area contributed by atoms with Gasteiger partial charge < -0.3 is 10.0 Å². The zero-order valence-corrected chi connectivity index (χ0v) is 12.4. The van der Waals surface area contributed by atoms with E-state index in [4.69, 9.17) is 5.11 Å². The fourth-order valence-electron chi connectivity index (χ4n) is 2.54. The predicted molar refractivity (Wildman–Crippen MR) is 82.0 cm³/mol. The summed E-state index contributed by atoms with van der Waals surface area (Å²) in [5.41, 5.74) is 1.38. The summed E-state index contributed by atoms with van der Waals surface area (Å²) in [6, 6.07) is 5.19. The Hall–Kier alpha value is -1.88. The Labute approximate surface area is 124 Å². The number of halogens is 1. The third-order valence-electron chi connectivity index (χ3n) is 3.73. The summed E-state index contributed by atoms with van der Waals surface area (Å²) >= 11 is 0. The minimum atomic E-state index is -1.04. The first-order valence-electron chi connectivity index (χ1n) is 7.16. The third kappa shape index (κ3) is 4.29. The Morgan fingerprint density at radius 2 is 1.90 bits per heavy atom. The van der Waals surface area contributed by atoms with Crippen LogP contribution in [0.4, 0.5) is 10.1 Å². The Balaban J connectivity index is 2.12. The summed E-state index contributed by atoms with van der Waals surface area (Å²) in [6.07, 6.45) is 2.44. The quantitative estimate of drug-likeness (QED) is 0.866. The third-order valence-corrected chi connectivity index (χ3v) is 3.73. The molecule has 1 saturated heterocycles. The van der Waals surface area contributed by atoms with Crippen LogP contribution in [0.25, 0.3) is 6.08 Å². The van der Waals surface area contributed by atoms with E-state index in [0.717, 1.165) is 37.9 Å². The van der Waals surface area contributed by atoms with Gasteiger partial charge in [-0.05, 0) is 43.7 Å². The van der Waals surface area contributed by atoms with Crippen molar-refractivity contribution in [1.82, 2.24) is 4.90 Å². The van der Waals surface area contributed by atoms with Crippen molar-refractivity contribution < 1.29 is 14.3 Å². The number of hydrogen-bond acceptors (Lipinski definition) is 3. The van der Waals surface area contributed by atoms with Crippen molar-refractivity contribution in [3.05, 3.63) is 35.7 Å². The summed E-state index contributed by atoms with van der Waals surface area (Å²) in [5, 5.41) is 8.65. The SMILES string of the molecule is CC(C)N1CCN(c2cc(F)cc(/C=C/C(=O)O)c2)CC1. The van der Waals surface area contributed by atoms with Gasteiger partial charge in [-0.1, -0.05) is 0 Å². The molecule has 1 heterocycles. The average molecular weight is 292 g/mol. The summed E-state index contributed by atoms with van der Waals surface area (Å²) in [5.74, 6) is -1.38. The summed E-state index contributed by atoms with van der Waals surface area (Å²) in [6.45, 7) is 7.95. The number of aliphatic carboxylic acids is 1. The van der Waals surface area contributed by atoms with Crippen molar-refractivity contribution in [1.29, 1.82) is 0 Å². The van der Waals surface area contributed by atoms with Crippen LogP contribution in [0.5, 0.6) is 0 Å². The topological polar surface area (TPSA) is 43.8 Å². The van der Waals surface area contributed by atoms with Gasteiger partial charge in [-0.2, -0.15) is 0 Å². The first kappa shape index (κ1) is 15.5. The van der Waals surface area contributed by atoms with E-state index in [2.05, 4.69) is 23.6 Å². The second-order valence-electron chi connectivity index (χ2n) is 5.53. The molecule has 1 fully saturated rings. The second kappa shape index (κ2) is 6.72. The minimum Gasteiger partial charge on any atom is -0.478 e. The molecule has 1 aromatic rings. The number of hydrogen-bond donors (Lipinski definition) is 1. The van der Waals surface area contributed by atoms with Gasteiger partial charge in [0.2, 0.25) is 0 Å². The van der Waals surface area contributed by atoms with Gasteiger partial charge in [0.05, 0.1) is 0 Å². The number of anilines is 1. The van der Waals surface area contributed by atoms with E-state index in [1.54, 1.807) is 0 Å². The molecule has 0 aromatic heterocycles. The monoisotopic (exact) mass is 292 g/mol. The molecule has 0 unspecified atom stereocenters. The zero-order valence-electron chi connectivity index (χ0n) is 12.4. The first-order valence-corrected chi connectivity index (χ1v) is 7.16. The van der Waals surface area contributed by atoms with Crippen molar-refractivity contribution >= 4 is 17.7 Å². The molecule has 1 N–H and O–H groups in total. The largest absolute Gasteiger partial charge is 0.478 e. The highest BCUT2D eigenvalue weighted by molar-refractivity contribution is 5.85. The van der Waals surface area contributed by atoms with Crippen molar-refractivity contribution in [2.45, 2.75) is 19.9 Å². The molecule has 1 aliphatic heterocycles. The van der Waals surface area contributed by atoms with Crippen LogP contribution in [0.15, 0.2) is 24.3 Å². The van der Waals surface area contributed by atoms with E-state index in [1.165, 1.54) is 18.2 Å². The van der Waals surface area contributed by atoms with Crippen LogP contribution < -0.4 is 4.90 Å². The Kier molecular flexibility index (Phi) is 4.96. The number of nitrogens with zero attached hydrogens (tertiary/aromatic N) is 2. The molecule has 0 atom stereocenters. The molecule has 0 spiro atoms. The normalized spacial score (nSPS) is 16.9. The molecule has 1 aliphatic rings. The van der Waals surface area contributed by atoms with Gasteiger partial charge in [-0.15, -0.1) is 0 Å². The van der Waals surface area contributed by atoms with E-state index in [1.807, 2.05) is 6.07 Å². The Morgan fingerprint density at radius 1 is 1.24 bits per heavy atom. The number of rotatable bonds is 4. The van der Waals surface area contributed by atoms with Crippen molar-refractivity contribution in [3.8, 4) is 0 Å². The molecule has 0 bridgehead atoms. The van der Waals surface area contributed by atoms with E-state index >= 15 is 0 Å². The van der Waals surface area contributed by atoms with Crippen LogP contribution in [-0.2, 0) is 4.79 Å². The molecule has 0 aliphatic carbocycles. The Bertz CT molecular complexity index is 535. The van der Waals surface area contributed by atoms with Gasteiger partial charge in [0, 0.05) is 44.0 Å². The van der Waals surface area contributed by atoms with E-state index in [9.17, 15) is 9.18 Å². The number of piperazine rings is 1. The molecule has 2 rings (SSSR count). The van der Waals surface area contributed by atoms with E-state index in [-0.39, 0.29) is 5.82 Å². The highest BCUT2D eigenvalue weighted by atomic mass is 19.1. The summed E-state index contributed by atoms with van der Waals surface area (Å²) in [7, 11) is 0. The van der Waals surface area contributed by atoms with Gasteiger partial charge in [-0.3, -0.25) is 4.90 Å². The number of carbonyl (C=O) groups is 1. The van der Waals surface area contributed by atoms with Crippen LogP contribution in [0.2, 0.25) is 0 Å². The van der Waals surface area contributed by atoms with Crippen LogP contribution in [0, 0.1) is 5.82 Å². The maximum absolute atomic E-state index is 13.7. The summed E-state index contributed by atoms with van der Waals surface area (Å²) in [4.78, 5) is 15.1. The smallest absolute Gasteiger partial charge is 0.328 e. The molecule has 1 aromatic carbocycles. The van der Waals surface area contributed by atoms with E-state index < -0.39 is 5.97 Å². The lowest BCUT2D eigenvalue weighted by Crippen LogP contribution is -2.48. The molecular weight excluding hydrogens is 271 g/mol. The van der Waals surface area contributed by atoms with Crippen LogP contribution in [0.1, 0.15) is 19.4 Å². The lowest BCUT2D eigenvalue weighted by atomic mass is 10.1. The number of carboxylic acid groups (broad SMARTS) is 1. The molecule has 114 valence electrons. The van der Waals surface area contributed by atoms with Gasteiger partial charge in [0.25, 0.3) is 0 Å². The lowest BCUT2D eigenvalue weighted by molar-refractivity contribution is -0.131. The fourth-order valence-corrected chi connectivity index (χ4v) is 2.54. The highest BCUT2D eigenvalue weighted by Crippen LogP contribution is 2.21. The van der Waals surface area contributed by atoms with Gasteiger partial charge in [-0.25, -0.2) is 9.18 Å². The summed E-state index contributed by atoms with van der Waals surface area (Å²) < 4.78 is 13.7. The van der Waals surface area contributed by atoms with Gasteiger partial charge in [0.1, 0.15) is 5.82 Å². The van der Waals surface area contributed by atoms with Crippen molar-refractivity contribution in [2.24, 2.45) is 0 Å². The van der Waals surface area contributed by atoms with Crippen molar-refractivity contribution in [3.63, 3.8) is 0 Å². The van der Waals surface area contributed by atoms with E-state index in [0.29, 0.717) is 11.6 Å². The number of carboxylic acids is 1. The predicted octanol–water partition coefficient (Wildman–Crippen LogP) is 2.45. The maximum atomic E-state index is 13.7. The molecule has 21 heavy (non-hydrogen) atoms. The molecule has 4 nitrogen and oxygen atoms in total. The molecule has 5 heteroatoms. The Morgan fingerprint density at radius 3 is 2.48 bits per heavy atom. The van der Waals surface area contributed by atoms with Crippen molar-refractivity contribution in [2.75, 3.05) is 31.1 Å².